The third-order valence-electron chi connectivity index (χ3n) is 15.6. The van der Waals surface area contributed by atoms with Crippen molar-refractivity contribution in [1.29, 1.82) is 0 Å². The molecule has 0 amide bonds. The van der Waals surface area contributed by atoms with Crippen LogP contribution in [-0.4, -0.2) is 98.0 Å². The third-order valence-corrected chi connectivity index (χ3v) is 15.6. The molecular weight excluding hydrogens is 608 g/mol. The highest BCUT2D eigenvalue weighted by Crippen LogP contribution is 2.75. The number of rotatable bonds is 7. The fraction of sp³-hybridized carbons (Fsp3) is 0.872. The van der Waals surface area contributed by atoms with Crippen LogP contribution < -0.4 is 0 Å². The molecule has 2 bridgehead atoms. The molecule has 0 radical (unpaired) electrons. The summed E-state index contributed by atoms with van der Waals surface area (Å²) in [6.45, 7) is 21.9. The lowest BCUT2D eigenvalue weighted by Crippen LogP contribution is -2.70. The van der Waals surface area contributed by atoms with Crippen molar-refractivity contribution in [1.82, 2.24) is 9.80 Å². The summed E-state index contributed by atoms with van der Waals surface area (Å²) >= 11 is 0. The minimum atomic E-state index is -0.662. The van der Waals surface area contributed by atoms with Gasteiger partial charge in [0.25, 0.3) is 0 Å². The van der Waals surface area contributed by atoms with Gasteiger partial charge in [-0.25, -0.2) is 0 Å². The topological polar surface area (TPSA) is 106 Å². The molecule has 1 N–H and O–H groups in total. The van der Waals surface area contributed by atoms with Crippen LogP contribution in [0.25, 0.3) is 0 Å². The number of carboxylic acids is 1. The maximum atomic E-state index is 13.5. The molecule has 11 atom stereocenters. The second kappa shape index (κ2) is 12.4. The Balaban J connectivity index is 1.35. The highest BCUT2D eigenvalue weighted by molar-refractivity contribution is 5.73. The van der Waals surface area contributed by atoms with Gasteiger partial charge in [-0.05, 0) is 85.5 Å². The van der Waals surface area contributed by atoms with Gasteiger partial charge in [-0.2, -0.15) is 0 Å². The van der Waals surface area contributed by atoms with E-state index in [0.29, 0.717) is 32.0 Å². The van der Waals surface area contributed by atoms with E-state index < -0.39 is 34.9 Å². The van der Waals surface area contributed by atoms with E-state index >= 15 is 0 Å². The lowest BCUT2D eigenvalue weighted by molar-refractivity contribution is -0.263. The number of nitrogens with zero attached hydrogens (tertiary/aromatic N) is 2. The fourth-order valence-electron chi connectivity index (χ4n) is 12.5. The minimum Gasteiger partial charge on any atom is -0.481 e. The molecule has 2 saturated heterocycles. The third kappa shape index (κ3) is 5.30. The molecule has 9 heteroatoms. The van der Waals surface area contributed by atoms with Crippen molar-refractivity contribution in [3.63, 3.8) is 0 Å². The smallest absolute Gasteiger partial charge is 0.320 e. The molecule has 6 aliphatic rings. The number of hydrogen-bond acceptors (Lipinski definition) is 8. The van der Waals surface area contributed by atoms with Crippen LogP contribution in [0, 0.1) is 56.7 Å². The maximum absolute atomic E-state index is 13.5. The predicted molar refractivity (Wildman–Crippen MR) is 183 cm³/mol. The SMILES string of the molecule is CC(=O)O[C@@H]1C[C@]23COC[C@](C)([C@@H]2CC[C@H]2C3=CC[C@@]3(C)[C@H](C(=O)O)[C@@](C)([C@H](C)C(C)C)CC[C@]23C)[C@H]1OC(=O)CN1CCN(C)CC1. The monoisotopic (exact) mass is 670 g/mol. The van der Waals surface area contributed by atoms with Gasteiger partial charge in [-0.1, -0.05) is 60.1 Å². The van der Waals surface area contributed by atoms with E-state index in [1.807, 2.05) is 0 Å². The van der Waals surface area contributed by atoms with E-state index in [9.17, 15) is 19.5 Å². The van der Waals surface area contributed by atoms with Crippen molar-refractivity contribution in [3.05, 3.63) is 11.6 Å². The maximum Gasteiger partial charge on any atom is 0.320 e. The Morgan fingerprint density at radius 2 is 1.67 bits per heavy atom. The largest absolute Gasteiger partial charge is 0.481 e. The van der Waals surface area contributed by atoms with E-state index in [4.69, 9.17) is 14.2 Å². The van der Waals surface area contributed by atoms with Gasteiger partial charge in [-0.3, -0.25) is 19.3 Å². The van der Waals surface area contributed by atoms with Gasteiger partial charge >= 0.3 is 17.9 Å². The lowest BCUT2D eigenvalue weighted by Gasteiger charge is -2.71. The van der Waals surface area contributed by atoms with Crippen LogP contribution in [0.2, 0.25) is 0 Å². The molecule has 0 aromatic heterocycles. The summed E-state index contributed by atoms with van der Waals surface area (Å²) in [5, 5.41) is 11.0. The number of carbonyl (C=O) groups excluding carboxylic acids is 2. The molecule has 0 aromatic rings. The van der Waals surface area contributed by atoms with E-state index in [1.165, 1.54) is 12.5 Å². The van der Waals surface area contributed by atoms with Crippen molar-refractivity contribution < 1.29 is 33.7 Å². The Labute approximate surface area is 288 Å². The van der Waals surface area contributed by atoms with E-state index in [0.717, 1.165) is 51.9 Å². The summed E-state index contributed by atoms with van der Waals surface area (Å²) in [5.41, 5.74) is -0.402. The first kappa shape index (κ1) is 35.8. The van der Waals surface area contributed by atoms with Crippen molar-refractivity contribution >= 4 is 17.9 Å². The molecule has 270 valence electrons. The molecule has 0 aromatic carbocycles. The number of carboxylic acid groups (broad SMARTS) is 1. The summed E-state index contributed by atoms with van der Waals surface area (Å²) in [6.07, 6.45) is 6.31. The fourth-order valence-corrected chi connectivity index (χ4v) is 12.5. The summed E-state index contributed by atoms with van der Waals surface area (Å²) in [6, 6.07) is 0. The molecule has 5 fully saturated rings. The van der Waals surface area contributed by atoms with Crippen LogP contribution in [0.15, 0.2) is 11.6 Å². The van der Waals surface area contributed by atoms with Gasteiger partial charge in [0.05, 0.1) is 25.7 Å². The second-order valence-electron chi connectivity index (χ2n) is 18.2. The molecule has 2 aliphatic heterocycles. The summed E-state index contributed by atoms with van der Waals surface area (Å²) in [5.74, 6) is -0.648. The zero-order chi connectivity index (χ0) is 35.0. The Hall–Kier alpha value is -1.97. The number of aliphatic carboxylic acids is 1. The zero-order valence-corrected chi connectivity index (χ0v) is 31.1. The Morgan fingerprint density at radius 3 is 2.29 bits per heavy atom. The number of fused-ring (bicyclic) bond motifs is 3. The van der Waals surface area contributed by atoms with Gasteiger partial charge in [0.2, 0.25) is 0 Å². The first-order chi connectivity index (χ1) is 22.4. The van der Waals surface area contributed by atoms with E-state index in [-0.39, 0.29) is 52.5 Å². The number of piperazine rings is 1. The quantitative estimate of drug-likeness (QED) is 0.271. The average Bonchev–Trinajstić information content (AvgIpc) is 3.00. The van der Waals surface area contributed by atoms with Gasteiger partial charge in [0, 0.05) is 43.9 Å². The van der Waals surface area contributed by atoms with Crippen molar-refractivity contribution in [2.45, 2.75) is 106 Å². The van der Waals surface area contributed by atoms with Gasteiger partial charge < -0.3 is 24.2 Å². The van der Waals surface area contributed by atoms with Gasteiger partial charge in [0.15, 0.2) is 0 Å². The van der Waals surface area contributed by atoms with E-state index in [2.05, 4.69) is 71.4 Å². The predicted octanol–water partition coefficient (Wildman–Crippen LogP) is 5.67. The van der Waals surface area contributed by atoms with Crippen LogP contribution in [0.5, 0.6) is 0 Å². The number of esters is 2. The first-order valence-corrected chi connectivity index (χ1v) is 18.7. The Morgan fingerprint density at radius 1 is 0.979 bits per heavy atom. The number of likely N-dealkylation sites (N-methyl/N-ethyl adjacent to an activating group) is 1. The molecule has 6 rings (SSSR count). The van der Waals surface area contributed by atoms with Crippen LogP contribution >= 0.6 is 0 Å². The second-order valence-corrected chi connectivity index (χ2v) is 18.2. The number of allylic oxidation sites excluding steroid dienone is 1. The number of ether oxygens (including phenoxy) is 3. The van der Waals surface area contributed by atoms with Gasteiger partial charge in [0.1, 0.15) is 12.2 Å². The molecule has 0 spiro atoms. The van der Waals surface area contributed by atoms with E-state index in [1.54, 1.807) is 0 Å². The van der Waals surface area contributed by atoms with Crippen molar-refractivity contribution in [3.8, 4) is 0 Å². The molecule has 48 heavy (non-hydrogen) atoms. The molecule has 9 nitrogen and oxygen atoms in total. The lowest BCUT2D eigenvalue weighted by atomic mass is 9.34. The van der Waals surface area contributed by atoms with Crippen molar-refractivity contribution in [2.75, 3.05) is 53.0 Å². The highest BCUT2D eigenvalue weighted by Gasteiger charge is 2.72. The average molecular weight is 671 g/mol. The minimum absolute atomic E-state index is 0.201. The van der Waals surface area contributed by atoms with Crippen LogP contribution in [0.3, 0.4) is 0 Å². The van der Waals surface area contributed by atoms with Crippen molar-refractivity contribution in [2.24, 2.45) is 56.7 Å². The first-order valence-electron chi connectivity index (χ1n) is 18.7. The number of carbonyl (C=O) groups is 3. The standard InChI is InChI=1S/C39H62N2O7/c1-24(2)25(3)35(5)14-15-37(7)27-10-11-30-36(6)22-46-23-39(30,28(27)12-13-38(37,8)32(35)34(44)45)20-29(47-26(4)42)33(36)48-31(43)21-41-18-16-40(9)17-19-41/h12,24-25,27,29-30,32-33H,10-11,13-23H2,1-9H3,(H,44,45)/t25-,27+,29-,30+,32-,33+,35-,36-,37-,38+,39-/m1/s1. The van der Waals surface area contributed by atoms with Crippen LogP contribution in [0.1, 0.15) is 93.9 Å². The Kier molecular flexibility index (Phi) is 9.23. The molecular formula is C39H62N2O7. The summed E-state index contributed by atoms with van der Waals surface area (Å²) in [4.78, 5) is 43.9. The summed E-state index contributed by atoms with van der Waals surface area (Å²) < 4.78 is 19.0. The van der Waals surface area contributed by atoms with Crippen LogP contribution in [-0.2, 0) is 28.6 Å². The molecule has 4 aliphatic carbocycles. The molecule has 0 unspecified atom stereocenters. The normalized spacial score (nSPS) is 45.2. The molecule has 3 saturated carbocycles. The number of hydrogen-bond donors (Lipinski definition) is 1. The van der Waals surface area contributed by atoms with Crippen LogP contribution in [0.4, 0.5) is 0 Å². The summed E-state index contributed by atoms with van der Waals surface area (Å²) in [7, 11) is 2.10. The zero-order valence-electron chi connectivity index (χ0n) is 31.1. The Bertz CT molecular complexity index is 1320. The molecule has 2 heterocycles. The highest BCUT2D eigenvalue weighted by atomic mass is 16.6. The van der Waals surface area contributed by atoms with Gasteiger partial charge in [-0.15, -0.1) is 0 Å².